The van der Waals surface area contributed by atoms with Crippen LogP contribution in [0.15, 0.2) is 18.2 Å². The second-order valence-electron chi connectivity index (χ2n) is 7.89. The molecule has 0 bridgehead atoms. The van der Waals surface area contributed by atoms with Gasteiger partial charge >= 0.3 is 71.1 Å². The summed E-state index contributed by atoms with van der Waals surface area (Å²) >= 11 is 0. The number of nitrogens with one attached hydrogen (secondary N) is 1. The van der Waals surface area contributed by atoms with Gasteiger partial charge in [-0.25, -0.2) is 9.59 Å². The molecule has 0 saturated heterocycles. The van der Waals surface area contributed by atoms with Gasteiger partial charge in [-0.1, -0.05) is 90.4 Å². The molecule has 0 radical (unpaired) electrons. The standard InChI is InChI=1S/C24H39NO4.2Na.2H/c1-2-3-4-5-6-7-8-9-10-11-12-13-14-15-18-25-20-16-17-21(23(26)27)22(19-20)24(28)29;;;;/h16-17,19,25H,2-15,18H2,1H3,(H,26,27)(H,28,29);;;;/q;2*+1;2*-1. The van der Waals surface area contributed by atoms with E-state index in [1.54, 1.807) is 6.07 Å². The third-order valence-corrected chi connectivity index (χ3v) is 5.34. The van der Waals surface area contributed by atoms with Gasteiger partial charge in [0.1, 0.15) is 0 Å². The summed E-state index contributed by atoms with van der Waals surface area (Å²) in [5, 5.41) is 21.4. The zero-order valence-electron chi connectivity index (χ0n) is 22.0. The first-order valence-corrected chi connectivity index (χ1v) is 11.4. The largest absolute Gasteiger partial charge is 1.00 e. The number of carboxylic acid groups (broad SMARTS) is 2. The van der Waals surface area contributed by atoms with Crippen molar-refractivity contribution in [1.29, 1.82) is 0 Å². The molecule has 0 spiro atoms. The summed E-state index contributed by atoms with van der Waals surface area (Å²) in [6.45, 7) is 3.03. The van der Waals surface area contributed by atoms with Crippen LogP contribution in [0.2, 0.25) is 0 Å². The summed E-state index contributed by atoms with van der Waals surface area (Å²) in [7, 11) is 0. The Bertz CT molecular complexity index is 622. The first-order valence-electron chi connectivity index (χ1n) is 11.4. The number of anilines is 1. The zero-order chi connectivity index (χ0) is 21.3. The van der Waals surface area contributed by atoms with E-state index < -0.39 is 11.9 Å². The number of aromatic carboxylic acids is 2. The average Bonchev–Trinajstić information content (AvgIpc) is 2.70. The minimum atomic E-state index is -1.22. The van der Waals surface area contributed by atoms with Crippen LogP contribution in [0.4, 0.5) is 5.69 Å². The van der Waals surface area contributed by atoms with Crippen molar-refractivity contribution >= 4 is 17.6 Å². The Kier molecular flexibility index (Phi) is 23.3. The fourth-order valence-electron chi connectivity index (χ4n) is 3.57. The van der Waals surface area contributed by atoms with Gasteiger partial charge in [0.05, 0.1) is 11.1 Å². The fourth-order valence-corrected chi connectivity index (χ4v) is 3.57. The maximum atomic E-state index is 11.2. The molecule has 0 saturated carbocycles. The summed E-state index contributed by atoms with van der Waals surface area (Å²) in [5.41, 5.74) is 0.296. The van der Waals surface area contributed by atoms with E-state index in [-0.39, 0.29) is 73.1 Å². The Morgan fingerprint density at radius 1 is 0.710 bits per heavy atom. The second kappa shape index (κ2) is 21.8. The molecule has 0 aliphatic heterocycles. The van der Waals surface area contributed by atoms with E-state index in [0.717, 1.165) is 19.4 Å². The van der Waals surface area contributed by atoms with Crippen molar-refractivity contribution in [3.8, 4) is 0 Å². The van der Waals surface area contributed by atoms with Crippen molar-refractivity contribution in [2.24, 2.45) is 0 Å². The fraction of sp³-hybridized carbons (Fsp3) is 0.667. The molecular weight excluding hydrogens is 412 g/mol. The molecule has 0 heterocycles. The van der Waals surface area contributed by atoms with Crippen molar-refractivity contribution in [3.63, 3.8) is 0 Å². The van der Waals surface area contributed by atoms with Crippen LogP contribution in [-0.4, -0.2) is 28.7 Å². The number of hydrogen-bond acceptors (Lipinski definition) is 3. The minimum absolute atomic E-state index is 0. The SMILES string of the molecule is CCCCCCCCCCCCCCCCNc1ccc(C(=O)O)c(C(=O)O)c1.[H-].[H-].[Na+].[Na+]. The average molecular weight is 454 g/mol. The molecule has 168 valence electrons. The second-order valence-corrected chi connectivity index (χ2v) is 7.89. The van der Waals surface area contributed by atoms with E-state index >= 15 is 0 Å². The summed E-state index contributed by atoms with van der Waals surface area (Å²) in [4.78, 5) is 22.3. The Labute approximate surface area is 235 Å². The van der Waals surface area contributed by atoms with Gasteiger partial charge in [0.25, 0.3) is 0 Å². The molecule has 0 aromatic heterocycles. The molecule has 31 heavy (non-hydrogen) atoms. The van der Waals surface area contributed by atoms with Crippen molar-refractivity contribution in [2.75, 3.05) is 11.9 Å². The summed E-state index contributed by atoms with van der Waals surface area (Å²) < 4.78 is 0. The summed E-state index contributed by atoms with van der Waals surface area (Å²) in [5.74, 6) is -2.44. The number of unbranched alkanes of at least 4 members (excludes halogenated alkanes) is 13. The van der Waals surface area contributed by atoms with Crippen molar-refractivity contribution < 1.29 is 81.8 Å². The van der Waals surface area contributed by atoms with Crippen molar-refractivity contribution in [1.82, 2.24) is 0 Å². The van der Waals surface area contributed by atoms with Gasteiger partial charge in [-0.05, 0) is 24.6 Å². The Morgan fingerprint density at radius 2 is 1.13 bits per heavy atom. The molecular formula is C24H41NNa2O4. The molecule has 1 aromatic rings. The van der Waals surface area contributed by atoms with Gasteiger partial charge < -0.3 is 18.4 Å². The van der Waals surface area contributed by atoms with Crippen LogP contribution in [0.5, 0.6) is 0 Å². The molecule has 1 aromatic carbocycles. The predicted molar refractivity (Wildman–Crippen MR) is 121 cm³/mol. The Morgan fingerprint density at radius 3 is 1.55 bits per heavy atom. The number of benzene rings is 1. The number of carboxylic acids is 2. The van der Waals surface area contributed by atoms with Crippen molar-refractivity contribution in [2.45, 2.75) is 96.8 Å². The van der Waals surface area contributed by atoms with Crippen LogP contribution in [0.1, 0.15) is 120 Å². The van der Waals surface area contributed by atoms with E-state index in [0.29, 0.717) is 5.69 Å². The molecule has 1 rings (SSSR count). The molecule has 0 aliphatic rings. The Hall–Kier alpha value is -0.0400. The van der Waals surface area contributed by atoms with Gasteiger partial charge in [-0.3, -0.25) is 0 Å². The van der Waals surface area contributed by atoms with Gasteiger partial charge in [-0.15, -0.1) is 0 Å². The third kappa shape index (κ3) is 16.3. The van der Waals surface area contributed by atoms with Gasteiger partial charge in [-0.2, -0.15) is 0 Å². The van der Waals surface area contributed by atoms with Gasteiger partial charge in [0, 0.05) is 12.2 Å². The van der Waals surface area contributed by atoms with Gasteiger partial charge in [0.15, 0.2) is 0 Å². The first-order chi connectivity index (χ1) is 14.1. The van der Waals surface area contributed by atoms with E-state index in [9.17, 15) is 9.59 Å². The molecule has 0 aliphatic carbocycles. The van der Waals surface area contributed by atoms with Crippen LogP contribution in [-0.2, 0) is 0 Å². The Balaban J connectivity index is -0.00000105. The van der Waals surface area contributed by atoms with Crippen LogP contribution < -0.4 is 64.4 Å². The van der Waals surface area contributed by atoms with Crippen LogP contribution in [0.3, 0.4) is 0 Å². The molecule has 0 atom stereocenters. The molecule has 5 nitrogen and oxygen atoms in total. The van der Waals surface area contributed by atoms with E-state index in [1.807, 2.05) is 0 Å². The molecule has 0 unspecified atom stereocenters. The quantitative estimate of drug-likeness (QED) is 0.230. The van der Waals surface area contributed by atoms with E-state index in [1.165, 1.54) is 89.2 Å². The normalized spacial score (nSPS) is 10.1. The maximum absolute atomic E-state index is 11.2. The minimum Gasteiger partial charge on any atom is -1.00 e. The zero-order valence-corrected chi connectivity index (χ0v) is 24.0. The third-order valence-electron chi connectivity index (χ3n) is 5.34. The van der Waals surface area contributed by atoms with Gasteiger partial charge in [0.2, 0.25) is 0 Å². The summed E-state index contributed by atoms with van der Waals surface area (Å²) in [6, 6.07) is 4.37. The predicted octanol–water partition coefficient (Wildman–Crippen LogP) is 1.21. The van der Waals surface area contributed by atoms with Crippen molar-refractivity contribution in [3.05, 3.63) is 29.3 Å². The molecule has 0 fully saturated rings. The number of carbonyl (C=O) groups is 2. The molecule has 0 amide bonds. The topological polar surface area (TPSA) is 86.6 Å². The number of hydrogen-bond donors (Lipinski definition) is 3. The van der Waals surface area contributed by atoms with E-state index in [2.05, 4.69) is 12.2 Å². The first kappa shape index (κ1) is 33.1. The smallest absolute Gasteiger partial charge is 1.00 e. The summed E-state index contributed by atoms with van der Waals surface area (Å²) in [6.07, 6.45) is 18.4. The monoisotopic (exact) mass is 453 g/mol. The van der Waals surface area contributed by atoms with Crippen LogP contribution >= 0.6 is 0 Å². The van der Waals surface area contributed by atoms with E-state index in [4.69, 9.17) is 10.2 Å². The molecule has 3 N–H and O–H groups in total. The maximum Gasteiger partial charge on any atom is 1.00 e. The van der Waals surface area contributed by atoms with Crippen LogP contribution in [0, 0.1) is 0 Å². The number of rotatable bonds is 18. The van der Waals surface area contributed by atoms with Crippen LogP contribution in [0.25, 0.3) is 0 Å². The molecule has 7 heteroatoms.